The number of phenols is 1. The summed E-state index contributed by atoms with van der Waals surface area (Å²) in [5.41, 5.74) is 7.02. The zero-order chi connectivity index (χ0) is 12.4. The summed E-state index contributed by atoms with van der Waals surface area (Å²) in [6, 6.07) is 5.45. The molecule has 1 aliphatic rings. The van der Waals surface area contributed by atoms with Crippen molar-refractivity contribution in [1.82, 2.24) is 0 Å². The lowest BCUT2D eigenvalue weighted by atomic mass is 10.1. The second-order valence-corrected chi connectivity index (χ2v) is 4.73. The quantitative estimate of drug-likeness (QED) is 0.682. The Morgan fingerprint density at radius 1 is 1.47 bits per heavy atom. The number of carbonyl (C=O) groups excluding carboxylic acids is 1. The van der Waals surface area contributed by atoms with Crippen LogP contribution in [0.1, 0.15) is 24.8 Å². The van der Waals surface area contributed by atoms with Gasteiger partial charge >= 0.3 is 0 Å². The van der Waals surface area contributed by atoms with Crippen LogP contribution >= 0.6 is 0 Å². The standard InChI is InChI=1S/C13H18N2O2/c1-8-3-2-4-11(12(8)16)15-13(17)9-5-6-10(14)7-9/h2-4,9-10,16H,5-7,14H2,1H3,(H,15,17). The van der Waals surface area contributed by atoms with Crippen LogP contribution in [0.4, 0.5) is 5.69 Å². The molecule has 0 heterocycles. The van der Waals surface area contributed by atoms with Gasteiger partial charge in [-0.1, -0.05) is 12.1 Å². The van der Waals surface area contributed by atoms with E-state index in [0.29, 0.717) is 5.69 Å². The summed E-state index contributed by atoms with van der Waals surface area (Å²) in [6.45, 7) is 1.80. The van der Waals surface area contributed by atoms with Crippen molar-refractivity contribution < 1.29 is 9.90 Å². The summed E-state index contributed by atoms with van der Waals surface area (Å²) in [4.78, 5) is 11.9. The maximum atomic E-state index is 11.9. The molecule has 0 spiro atoms. The van der Waals surface area contributed by atoms with Gasteiger partial charge < -0.3 is 16.2 Å². The molecule has 4 nitrogen and oxygen atoms in total. The van der Waals surface area contributed by atoms with Crippen LogP contribution in [-0.4, -0.2) is 17.1 Å². The average molecular weight is 234 g/mol. The SMILES string of the molecule is Cc1cccc(NC(=O)C2CCC(N)C2)c1O. The first kappa shape index (κ1) is 11.9. The Hall–Kier alpha value is -1.55. The Kier molecular flexibility index (Phi) is 3.33. The number of rotatable bonds is 2. The Bertz CT molecular complexity index is 431. The first-order valence-corrected chi connectivity index (χ1v) is 5.93. The summed E-state index contributed by atoms with van der Waals surface area (Å²) in [5.74, 6) is 0.0758. The topological polar surface area (TPSA) is 75.4 Å². The molecule has 0 radical (unpaired) electrons. The smallest absolute Gasteiger partial charge is 0.227 e. The van der Waals surface area contributed by atoms with E-state index in [-0.39, 0.29) is 23.6 Å². The molecule has 0 aliphatic heterocycles. The van der Waals surface area contributed by atoms with Crippen LogP contribution in [0.25, 0.3) is 0 Å². The van der Waals surface area contributed by atoms with Crippen LogP contribution < -0.4 is 11.1 Å². The summed E-state index contributed by atoms with van der Waals surface area (Å²) < 4.78 is 0. The van der Waals surface area contributed by atoms with Crippen molar-refractivity contribution in [3.05, 3.63) is 23.8 Å². The molecule has 0 bridgehead atoms. The van der Waals surface area contributed by atoms with Gasteiger partial charge in [0.05, 0.1) is 5.69 Å². The van der Waals surface area contributed by atoms with Crippen LogP contribution in [0.15, 0.2) is 18.2 Å². The van der Waals surface area contributed by atoms with Crippen molar-refractivity contribution >= 4 is 11.6 Å². The molecule has 1 aromatic carbocycles. The van der Waals surface area contributed by atoms with E-state index in [9.17, 15) is 9.90 Å². The highest BCUT2D eigenvalue weighted by Gasteiger charge is 2.28. The van der Waals surface area contributed by atoms with Crippen LogP contribution in [0, 0.1) is 12.8 Å². The summed E-state index contributed by atoms with van der Waals surface area (Å²) in [5, 5.41) is 12.6. The molecule has 0 aromatic heterocycles. The number of hydrogen-bond acceptors (Lipinski definition) is 3. The molecular formula is C13H18N2O2. The minimum absolute atomic E-state index is 0.0232. The van der Waals surface area contributed by atoms with E-state index >= 15 is 0 Å². The lowest BCUT2D eigenvalue weighted by molar-refractivity contribution is -0.119. The number of phenolic OH excluding ortho intramolecular Hbond substituents is 1. The molecule has 1 amide bonds. The molecular weight excluding hydrogens is 216 g/mol. The molecule has 1 aliphatic carbocycles. The second-order valence-electron chi connectivity index (χ2n) is 4.73. The van der Waals surface area contributed by atoms with Gasteiger partial charge in [-0.2, -0.15) is 0 Å². The van der Waals surface area contributed by atoms with Crippen molar-refractivity contribution in [3.63, 3.8) is 0 Å². The lowest BCUT2D eigenvalue weighted by Crippen LogP contribution is -2.23. The highest BCUT2D eigenvalue weighted by Crippen LogP contribution is 2.29. The lowest BCUT2D eigenvalue weighted by Gasteiger charge is -2.12. The molecule has 1 saturated carbocycles. The zero-order valence-corrected chi connectivity index (χ0v) is 9.94. The van der Waals surface area contributed by atoms with E-state index in [2.05, 4.69) is 5.32 Å². The number of aryl methyl sites for hydroxylation is 1. The first-order chi connectivity index (χ1) is 8.08. The van der Waals surface area contributed by atoms with E-state index in [4.69, 9.17) is 5.73 Å². The van der Waals surface area contributed by atoms with Gasteiger partial charge in [0.25, 0.3) is 0 Å². The van der Waals surface area contributed by atoms with Crippen LogP contribution in [0.2, 0.25) is 0 Å². The molecule has 92 valence electrons. The Balaban J connectivity index is 2.06. The largest absolute Gasteiger partial charge is 0.505 e. The molecule has 2 unspecified atom stereocenters. The van der Waals surface area contributed by atoms with Crippen molar-refractivity contribution in [2.24, 2.45) is 11.7 Å². The number of para-hydroxylation sites is 1. The van der Waals surface area contributed by atoms with Crippen molar-refractivity contribution in [2.75, 3.05) is 5.32 Å². The summed E-state index contributed by atoms with van der Waals surface area (Å²) in [7, 11) is 0. The van der Waals surface area contributed by atoms with Gasteiger partial charge in [-0.3, -0.25) is 4.79 Å². The van der Waals surface area contributed by atoms with Gasteiger partial charge in [-0.15, -0.1) is 0 Å². The fourth-order valence-corrected chi connectivity index (χ4v) is 2.25. The number of benzene rings is 1. The third-order valence-electron chi connectivity index (χ3n) is 3.34. The van der Waals surface area contributed by atoms with Crippen molar-refractivity contribution in [1.29, 1.82) is 0 Å². The predicted molar refractivity (Wildman–Crippen MR) is 66.8 cm³/mol. The van der Waals surface area contributed by atoms with Gasteiger partial charge in [-0.25, -0.2) is 0 Å². The second kappa shape index (κ2) is 4.75. The maximum absolute atomic E-state index is 11.9. The van der Waals surface area contributed by atoms with Gasteiger partial charge in [-0.05, 0) is 37.8 Å². The molecule has 1 aromatic rings. The minimum atomic E-state index is -0.0427. The van der Waals surface area contributed by atoms with Gasteiger partial charge in [0.1, 0.15) is 5.75 Å². The number of aromatic hydroxyl groups is 1. The summed E-state index contributed by atoms with van der Waals surface area (Å²) in [6.07, 6.45) is 2.47. The van der Waals surface area contributed by atoms with E-state index in [1.807, 2.05) is 6.07 Å². The van der Waals surface area contributed by atoms with Crippen LogP contribution in [0.3, 0.4) is 0 Å². The highest BCUT2D eigenvalue weighted by atomic mass is 16.3. The normalized spacial score (nSPS) is 23.6. The monoisotopic (exact) mass is 234 g/mol. The molecule has 2 atom stereocenters. The molecule has 4 N–H and O–H groups in total. The highest BCUT2D eigenvalue weighted by molar-refractivity contribution is 5.94. The van der Waals surface area contributed by atoms with Crippen LogP contribution in [-0.2, 0) is 4.79 Å². The van der Waals surface area contributed by atoms with Gasteiger partial charge in [0, 0.05) is 12.0 Å². The summed E-state index contributed by atoms with van der Waals surface area (Å²) >= 11 is 0. The third kappa shape index (κ3) is 2.58. The predicted octanol–water partition coefficient (Wildman–Crippen LogP) is 1.77. The van der Waals surface area contributed by atoms with E-state index < -0.39 is 0 Å². The van der Waals surface area contributed by atoms with E-state index in [1.54, 1.807) is 19.1 Å². The van der Waals surface area contributed by atoms with Crippen molar-refractivity contribution in [3.8, 4) is 5.75 Å². The minimum Gasteiger partial charge on any atom is -0.505 e. The number of nitrogens with one attached hydrogen (secondary N) is 1. The average Bonchev–Trinajstić information content (AvgIpc) is 2.72. The number of amides is 1. The van der Waals surface area contributed by atoms with E-state index in [1.165, 1.54) is 0 Å². The Labute approximate surface area is 101 Å². The molecule has 2 rings (SSSR count). The Morgan fingerprint density at radius 3 is 2.88 bits per heavy atom. The first-order valence-electron chi connectivity index (χ1n) is 5.93. The fourth-order valence-electron chi connectivity index (χ4n) is 2.25. The maximum Gasteiger partial charge on any atom is 0.227 e. The molecule has 17 heavy (non-hydrogen) atoms. The third-order valence-corrected chi connectivity index (χ3v) is 3.34. The fraction of sp³-hybridized carbons (Fsp3) is 0.462. The number of carbonyl (C=O) groups is 1. The van der Waals surface area contributed by atoms with Crippen LogP contribution in [0.5, 0.6) is 5.75 Å². The number of nitrogens with two attached hydrogens (primary N) is 1. The Morgan fingerprint density at radius 2 is 2.24 bits per heavy atom. The molecule has 4 heteroatoms. The molecule has 0 saturated heterocycles. The van der Waals surface area contributed by atoms with E-state index in [0.717, 1.165) is 24.8 Å². The number of anilines is 1. The van der Waals surface area contributed by atoms with Gasteiger partial charge in [0.2, 0.25) is 5.91 Å². The zero-order valence-electron chi connectivity index (χ0n) is 9.94. The molecule has 1 fully saturated rings. The van der Waals surface area contributed by atoms with Crippen molar-refractivity contribution in [2.45, 2.75) is 32.2 Å². The van der Waals surface area contributed by atoms with Gasteiger partial charge in [0.15, 0.2) is 0 Å². The number of hydrogen-bond donors (Lipinski definition) is 3.